The van der Waals surface area contributed by atoms with Gasteiger partial charge in [-0.05, 0) is 25.1 Å². The molecule has 0 aliphatic heterocycles. The van der Waals surface area contributed by atoms with Crippen LogP contribution in [-0.4, -0.2) is 16.1 Å². The zero-order chi connectivity index (χ0) is 13.3. The molecule has 3 nitrogen and oxygen atoms in total. The number of aromatic nitrogens is 2. The lowest BCUT2D eigenvalue weighted by Crippen LogP contribution is -2.07. The summed E-state index contributed by atoms with van der Waals surface area (Å²) in [6.07, 6.45) is -2.46. The minimum Gasteiger partial charge on any atom is -0.298 e. The highest BCUT2D eigenvalue weighted by molar-refractivity contribution is 5.76. The van der Waals surface area contributed by atoms with E-state index in [4.69, 9.17) is 0 Å². The zero-order valence-corrected chi connectivity index (χ0v) is 9.40. The molecule has 1 heterocycles. The van der Waals surface area contributed by atoms with Crippen LogP contribution >= 0.6 is 0 Å². The molecule has 6 heteroatoms. The summed E-state index contributed by atoms with van der Waals surface area (Å²) in [7, 11) is 0. The molecule has 0 aliphatic rings. The van der Waals surface area contributed by atoms with Gasteiger partial charge < -0.3 is 0 Å². The van der Waals surface area contributed by atoms with Gasteiger partial charge in [-0.25, -0.2) is 4.68 Å². The lowest BCUT2D eigenvalue weighted by atomic mass is 10.2. The summed E-state index contributed by atoms with van der Waals surface area (Å²) >= 11 is 0. The van der Waals surface area contributed by atoms with Crippen LogP contribution in [0.3, 0.4) is 0 Å². The van der Waals surface area contributed by atoms with E-state index in [0.29, 0.717) is 17.5 Å². The van der Waals surface area contributed by atoms with Crippen LogP contribution in [0.4, 0.5) is 13.2 Å². The molecular weight excluding hydrogens is 245 g/mol. The summed E-state index contributed by atoms with van der Waals surface area (Å²) in [5.74, 6) is 0. The molecule has 2 aromatic rings. The maximum absolute atomic E-state index is 12.6. The Morgan fingerprint density at radius 2 is 2.06 bits per heavy atom. The first-order valence-electron chi connectivity index (χ1n) is 5.11. The number of nitrogens with zero attached hydrogens (tertiary/aromatic N) is 2. The zero-order valence-electron chi connectivity index (χ0n) is 9.40. The predicted octanol–water partition coefficient (Wildman–Crippen LogP) is 3.01. The van der Waals surface area contributed by atoms with Crippen molar-refractivity contribution in [1.29, 1.82) is 0 Å². The van der Waals surface area contributed by atoms with Crippen molar-refractivity contribution in [1.82, 2.24) is 9.78 Å². The van der Waals surface area contributed by atoms with Crippen molar-refractivity contribution in [3.63, 3.8) is 0 Å². The fourth-order valence-electron chi connectivity index (χ4n) is 1.61. The maximum Gasteiger partial charge on any atom is 0.416 e. The van der Waals surface area contributed by atoms with E-state index < -0.39 is 11.7 Å². The number of benzene rings is 1. The molecule has 0 spiro atoms. The first kappa shape index (κ1) is 12.3. The molecule has 0 saturated heterocycles. The monoisotopic (exact) mass is 254 g/mol. The quantitative estimate of drug-likeness (QED) is 0.772. The van der Waals surface area contributed by atoms with Gasteiger partial charge in [-0.2, -0.15) is 18.3 Å². The molecule has 0 saturated carbocycles. The van der Waals surface area contributed by atoms with Gasteiger partial charge in [0.05, 0.1) is 28.7 Å². The van der Waals surface area contributed by atoms with Crippen molar-refractivity contribution in [2.24, 2.45) is 0 Å². The number of carbonyl (C=O) groups is 1. The smallest absolute Gasteiger partial charge is 0.298 e. The Balaban J connectivity index is 2.51. The minimum atomic E-state index is -4.40. The Bertz CT molecular complexity index is 587. The molecule has 2 rings (SSSR count). The summed E-state index contributed by atoms with van der Waals surface area (Å²) in [5.41, 5.74) is 0.384. The van der Waals surface area contributed by atoms with E-state index in [1.54, 1.807) is 6.92 Å². The van der Waals surface area contributed by atoms with Crippen LogP contribution in [0.5, 0.6) is 0 Å². The van der Waals surface area contributed by atoms with Crippen LogP contribution in [-0.2, 0) is 6.18 Å². The SMILES string of the molecule is Cc1c(C=O)cnn1-c1cccc(C(F)(F)F)c1. The van der Waals surface area contributed by atoms with Gasteiger partial charge in [-0.3, -0.25) is 4.79 Å². The third-order valence-corrected chi connectivity index (χ3v) is 2.59. The van der Waals surface area contributed by atoms with Crippen molar-refractivity contribution < 1.29 is 18.0 Å². The second-order valence-corrected chi connectivity index (χ2v) is 3.76. The topological polar surface area (TPSA) is 34.9 Å². The average Bonchev–Trinajstić information content (AvgIpc) is 2.69. The highest BCUT2D eigenvalue weighted by Crippen LogP contribution is 2.30. The Morgan fingerprint density at radius 1 is 1.33 bits per heavy atom. The van der Waals surface area contributed by atoms with E-state index >= 15 is 0 Å². The van der Waals surface area contributed by atoms with E-state index in [-0.39, 0.29) is 5.69 Å². The molecule has 18 heavy (non-hydrogen) atoms. The van der Waals surface area contributed by atoms with Gasteiger partial charge in [0.25, 0.3) is 0 Å². The summed E-state index contributed by atoms with van der Waals surface area (Å²) < 4.78 is 39.0. The van der Waals surface area contributed by atoms with Crippen molar-refractivity contribution in [2.75, 3.05) is 0 Å². The van der Waals surface area contributed by atoms with Gasteiger partial charge in [0.2, 0.25) is 0 Å². The first-order valence-corrected chi connectivity index (χ1v) is 5.11. The number of halogens is 3. The fourth-order valence-corrected chi connectivity index (χ4v) is 1.61. The molecule has 0 aliphatic carbocycles. The Kier molecular flexibility index (Phi) is 2.94. The van der Waals surface area contributed by atoms with E-state index in [0.717, 1.165) is 12.1 Å². The Hall–Kier alpha value is -2.11. The van der Waals surface area contributed by atoms with E-state index in [2.05, 4.69) is 5.10 Å². The molecule has 0 unspecified atom stereocenters. The third kappa shape index (κ3) is 2.13. The standard InChI is InChI=1S/C12H9F3N2O/c1-8-9(7-18)6-16-17(8)11-4-2-3-10(5-11)12(13,14)15/h2-7H,1H3. The summed E-state index contributed by atoms with van der Waals surface area (Å²) in [6, 6.07) is 4.79. The van der Waals surface area contributed by atoms with Crippen LogP contribution in [0.25, 0.3) is 5.69 Å². The highest BCUT2D eigenvalue weighted by Gasteiger charge is 2.30. The number of aldehydes is 1. The summed E-state index contributed by atoms with van der Waals surface area (Å²) in [6.45, 7) is 1.62. The van der Waals surface area contributed by atoms with Crippen molar-refractivity contribution >= 4 is 6.29 Å². The normalized spacial score (nSPS) is 11.6. The molecule has 1 aromatic heterocycles. The fraction of sp³-hybridized carbons (Fsp3) is 0.167. The minimum absolute atomic E-state index is 0.274. The maximum atomic E-state index is 12.6. The molecular formula is C12H9F3N2O. The van der Waals surface area contributed by atoms with Gasteiger partial charge in [0, 0.05) is 0 Å². The van der Waals surface area contributed by atoms with Gasteiger partial charge >= 0.3 is 6.18 Å². The van der Waals surface area contributed by atoms with E-state index in [1.165, 1.54) is 23.0 Å². The molecule has 0 radical (unpaired) electrons. The largest absolute Gasteiger partial charge is 0.416 e. The van der Waals surface area contributed by atoms with E-state index in [1.807, 2.05) is 0 Å². The summed E-state index contributed by atoms with van der Waals surface area (Å²) in [5, 5.41) is 3.90. The molecule has 0 N–H and O–H groups in total. The van der Waals surface area contributed by atoms with Gasteiger partial charge in [-0.15, -0.1) is 0 Å². The number of hydrogen-bond acceptors (Lipinski definition) is 2. The number of rotatable bonds is 2. The molecule has 94 valence electrons. The second-order valence-electron chi connectivity index (χ2n) is 3.76. The Labute approximate surface area is 101 Å². The Morgan fingerprint density at radius 3 is 2.61 bits per heavy atom. The highest BCUT2D eigenvalue weighted by atomic mass is 19.4. The van der Waals surface area contributed by atoms with Crippen molar-refractivity contribution in [3.05, 3.63) is 47.3 Å². The van der Waals surface area contributed by atoms with Crippen LogP contribution in [0.1, 0.15) is 21.6 Å². The molecule has 0 bridgehead atoms. The van der Waals surface area contributed by atoms with Gasteiger partial charge in [0.1, 0.15) is 0 Å². The molecule has 0 atom stereocenters. The first-order chi connectivity index (χ1) is 8.43. The molecule has 1 aromatic carbocycles. The van der Waals surface area contributed by atoms with Crippen LogP contribution in [0, 0.1) is 6.92 Å². The number of hydrogen-bond donors (Lipinski definition) is 0. The van der Waals surface area contributed by atoms with Crippen molar-refractivity contribution in [2.45, 2.75) is 13.1 Å². The lowest BCUT2D eigenvalue weighted by Gasteiger charge is -2.09. The van der Waals surface area contributed by atoms with Crippen LogP contribution in [0.15, 0.2) is 30.5 Å². The average molecular weight is 254 g/mol. The lowest BCUT2D eigenvalue weighted by molar-refractivity contribution is -0.137. The summed E-state index contributed by atoms with van der Waals surface area (Å²) in [4.78, 5) is 10.7. The van der Waals surface area contributed by atoms with Gasteiger partial charge in [0.15, 0.2) is 6.29 Å². The molecule has 0 fully saturated rings. The van der Waals surface area contributed by atoms with Gasteiger partial charge in [-0.1, -0.05) is 6.07 Å². The van der Waals surface area contributed by atoms with E-state index in [9.17, 15) is 18.0 Å². The molecule has 0 amide bonds. The van der Waals surface area contributed by atoms with Crippen LogP contribution in [0.2, 0.25) is 0 Å². The number of alkyl halides is 3. The second kappa shape index (κ2) is 4.29. The predicted molar refractivity (Wildman–Crippen MR) is 58.7 cm³/mol. The third-order valence-electron chi connectivity index (χ3n) is 2.59. The van der Waals surface area contributed by atoms with Crippen molar-refractivity contribution in [3.8, 4) is 5.69 Å². The number of carbonyl (C=O) groups excluding carboxylic acids is 1. The van der Waals surface area contributed by atoms with Crippen LogP contribution < -0.4 is 0 Å².